The molecule has 2 rings (SSSR count). The number of benzene rings is 1. The van der Waals surface area contributed by atoms with E-state index in [0.29, 0.717) is 17.7 Å². The summed E-state index contributed by atoms with van der Waals surface area (Å²) in [7, 11) is 2.15. The van der Waals surface area contributed by atoms with Gasteiger partial charge in [-0.05, 0) is 56.6 Å². The van der Waals surface area contributed by atoms with E-state index in [2.05, 4.69) is 24.2 Å². The molecule has 1 aliphatic heterocycles. The zero-order valence-electron chi connectivity index (χ0n) is 12.2. The molecule has 1 aliphatic rings. The van der Waals surface area contributed by atoms with E-state index >= 15 is 0 Å². The largest absolute Gasteiger partial charge is 0.312 e. The van der Waals surface area contributed by atoms with Crippen LogP contribution >= 0.6 is 0 Å². The van der Waals surface area contributed by atoms with Crippen LogP contribution in [0, 0.1) is 22.6 Å². The predicted octanol–water partition coefficient (Wildman–Crippen LogP) is 2.52. The molecule has 0 saturated carbocycles. The van der Waals surface area contributed by atoms with E-state index < -0.39 is 0 Å². The maximum absolute atomic E-state index is 13.7. The number of hydrogen-bond acceptors (Lipinski definition) is 3. The average molecular weight is 275 g/mol. The smallest absolute Gasteiger partial charge is 0.127 e. The Morgan fingerprint density at radius 1 is 1.40 bits per heavy atom. The van der Waals surface area contributed by atoms with Gasteiger partial charge >= 0.3 is 0 Å². The highest BCUT2D eigenvalue weighted by Crippen LogP contribution is 2.29. The minimum Gasteiger partial charge on any atom is -0.312 e. The summed E-state index contributed by atoms with van der Waals surface area (Å²) >= 11 is 0. The first-order valence-corrected chi connectivity index (χ1v) is 7.10. The van der Waals surface area contributed by atoms with E-state index in [1.807, 2.05) is 6.07 Å². The normalized spacial score (nSPS) is 18.7. The van der Waals surface area contributed by atoms with Crippen LogP contribution in [-0.4, -0.2) is 31.6 Å². The van der Waals surface area contributed by atoms with E-state index in [9.17, 15) is 4.39 Å². The number of halogens is 1. The van der Waals surface area contributed by atoms with Crippen LogP contribution in [0.25, 0.3) is 0 Å². The van der Waals surface area contributed by atoms with Gasteiger partial charge in [0.15, 0.2) is 0 Å². The van der Waals surface area contributed by atoms with Crippen LogP contribution in [0.15, 0.2) is 18.2 Å². The Hall–Kier alpha value is -1.44. The predicted molar refractivity (Wildman–Crippen MR) is 77.7 cm³/mol. The summed E-state index contributed by atoms with van der Waals surface area (Å²) in [5.41, 5.74) is 1.37. The lowest BCUT2D eigenvalue weighted by Gasteiger charge is -2.38. The molecule has 1 fully saturated rings. The Labute approximate surface area is 120 Å². The SMILES string of the molecule is CN1CCC(C)(CNCc2cc(C#N)ccc2F)CC1. The maximum atomic E-state index is 13.7. The fourth-order valence-electron chi connectivity index (χ4n) is 2.61. The summed E-state index contributed by atoms with van der Waals surface area (Å²) in [6.07, 6.45) is 2.33. The van der Waals surface area contributed by atoms with Gasteiger partial charge in [-0.25, -0.2) is 4.39 Å². The summed E-state index contributed by atoms with van der Waals surface area (Å²) in [5, 5.41) is 12.2. The van der Waals surface area contributed by atoms with Crippen LogP contribution in [0.5, 0.6) is 0 Å². The van der Waals surface area contributed by atoms with Crippen LogP contribution in [0.4, 0.5) is 4.39 Å². The Balaban J connectivity index is 1.88. The van der Waals surface area contributed by atoms with Gasteiger partial charge in [-0.2, -0.15) is 5.26 Å². The van der Waals surface area contributed by atoms with Gasteiger partial charge in [0, 0.05) is 18.7 Å². The highest BCUT2D eigenvalue weighted by atomic mass is 19.1. The van der Waals surface area contributed by atoms with E-state index in [1.165, 1.54) is 12.1 Å². The van der Waals surface area contributed by atoms with Crippen molar-refractivity contribution >= 4 is 0 Å². The second kappa shape index (κ2) is 6.34. The number of nitriles is 1. The number of nitrogens with one attached hydrogen (secondary N) is 1. The monoisotopic (exact) mass is 275 g/mol. The summed E-state index contributed by atoms with van der Waals surface area (Å²) in [6, 6.07) is 6.55. The van der Waals surface area contributed by atoms with Crippen LogP contribution in [-0.2, 0) is 6.54 Å². The third kappa shape index (κ3) is 3.78. The molecule has 0 unspecified atom stereocenters. The third-order valence-electron chi connectivity index (χ3n) is 4.24. The molecule has 0 radical (unpaired) electrons. The zero-order chi connectivity index (χ0) is 14.6. The van der Waals surface area contributed by atoms with E-state index in [0.717, 1.165) is 32.5 Å². The van der Waals surface area contributed by atoms with Crippen molar-refractivity contribution in [1.29, 1.82) is 5.26 Å². The zero-order valence-corrected chi connectivity index (χ0v) is 12.2. The Bertz CT molecular complexity index is 499. The second-order valence-electron chi connectivity index (χ2n) is 6.14. The van der Waals surface area contributed by atoms with E-state index in [-0.39, 0.29) is 11.2 Å². The highest BCUT2D eigenvalue weighted by molar-refractivity contribution is 5.33. The molecule has 1 saturated heterocycles. The van der Waals surface area contributed by atoms with Crippen molar-refractivity contribution in [3.05, 3.63) is 35.1 Å². The van der Waals surface area contributed by atoms with Crippen molar-refractivity contribution in [3.63, 3.8) is 0 Å². The fraction of sp³-hybridized carbons (Fsp3) is 0.562. The third-order valence-corrected chi connectivity index (χ3v) is 4.24. The van der Waals surface area contributed by atoms with Crippen molar-refractivity contribution < 1.29 is 4.39 Å². The maximum Gasteiger partial charge on any atom is 0.127 e. The van der Waals surface area contributed by atoms with Crippen LogP contribution in [0.2, 0.25) is 0 Å². The Kier molecular flexibility index (Phi) is 4.74. The topological polar surface area (TPSA) is 39.1 Å². The van der Waals surface area contributed by atoms with Gasteiger partial charge in [0.2, 0.25) is 0 Å². The molecule has 0 aromatic heterocycles. The van der Waals surface area contributed by atoms with Gasteiger partial charge in [-0.15, -0.1) is 0 Å². The Morgan fingerprint density at radius 3 is 2.75 bits per heavy atom. The molecular weight excluding hydrogens is 253 g/mol. The molecule has 0 aliphatic carbocycles. The van der Waals surface area contributed by atoms with E-state index in [4.69, 9.17) is 5.26 Å². The number of likely N-dealkylation sites (tertiary alicyclic amines) is 1. The van der Waals surface area contributed by atoms with Crippen molar-refractivity contribution in [3.8, 4) is 6.07 Å². The average Bonchev–Trinajstić information content (AvgIpc) is 2.44. The Morgan fingerprint density at radius 2 is 2.10 bits per heavy atom. The molecular formula is C16H22FN3. The molecule has 1 heterocycles. The second-order valence-corrected chi connectivity index (χ2v) is 6.14. The lowest BCUT2D eigenvalue weighted by atomic mass is 9.80. The quantitative estimate of drug-likeness (QED) is 0.917. The number of hydrogen-bond donors (Lipinski definition) is 1. The van der Waals surface area contributed by atoms with Gasteiger partial charge < -0.3 is 10.2 Å². The first-order chi connectivity index (χ1) is 9.52. The molecule has 0 atom stereocenters. The fourth-order valence-corrected chi connectivity index (χ4v) is 2.61. The molecule has 1 N–H and O–H groups in total. The minimum atomic E-state index is -0.245. The molecule has 3 nitrogen and oxygen atoms in total. The summed E-state index contributed by atoms with van der Waals surface area (Å²) in [4.78, 5) is 2.35. The van der Waals surface area contributed by atoms with Crippen LogP contribution in [0.3, 0.4) is 0 Å². The lowest BCUT2D eigenvalue weighted by molar-refractivity contribution is 0.136. The van der Waals surface area contributed by atoms with Crippen LogP contribution in [0.1, 0.15) is 30.9 Å². The molecule has 0 spiro atoms. The van der Waals surface area contributed by atoms with Crippen molar-refractivity contribution in [1.82, 2.24) is 10.2 Å². The molecule has 108 valence electrons. The van der Waals surface area contributed by atoms with Gasteiger partial charge in [0.05, 0.1) is 11.6 Å². The number of nitrogens with zero attached hydrogens (tertiary/aromatic N) is 2. The molecule has 20 heavy (non-hydrogen) atoms. The highest BCUT2D eigenvalue weighted by Gasteiger charge is 2.28. The van der Waals surface area contributed by atoms with Crippen LogP contribution < -0.4 is 5.32 Å². The van der Waals surface area contributed by atoms with Crippen molar-refractivity contribution in [2.24, 2.45) is 5.41 Å². The lowest BCUT2D eigenvalue weighted by Crippen LogP contribution is -2.41. The molecule has 4 heteroatoms. The summed E-state index contributed by atoms with van der Waals surface area (Å²) in [6.45, 7) is 5.89. The van der Waals surface area contributed by atoms with Gasteiger partial charge in [-0.3, -0.25) is 0 Å². The molecule has 1 aromatic rings. The molecule has 1 aromatic carbocycles. The summed E-state index contributed by atoms with van der Waals surface area (Å²) in [5.74, 6) is -0.245. The first kappa shape index (κ1) is 15.0. The first-order valence-electron chi connectivity index (χ1n) is 7.10. The standard InChI is InChI=1S/C16H22FN3/c1-16(5-7-20(2)8-6-16)12-19-11-14-9-13(10-18)3-4-15(14)17/h3-4,9,19H,5-8,11-12H2,1-2H3. The summed E-state index contributed by atoms with van der Waals surface area (Å²) < 4.78 is 13.7. The van der Waals surface area contributed by atoms with Gasteiger partial charge in [0.25, 0.3) is 0 Å². The van der Waals surface area contributed by atoms with Crippen molar-refractivity contribution in [2.75, 3.05) is 26.7 Å². The molecule has 0 amide bonds. The minimum absolute atomic E-state index is 0.245. The number of piperidine rings is 1. The van der Waals surface area contributed by atoms with Gasteiger partial charge in [0.1, 0.15) is 5.82 Å². The van der Waals surface area contributed by atoms with Crippen molar-refractivity contribution in [2.45, 2.75) is 26.3 Å². The number of rotatable bonds is 4. The van der Waals surface area contributed by atoms with Gasteiger partial charge in [-0.1, -0.05) is 6.92 Å². The molecule has 0 bridgehead atoms. The van der Waals surface area contributed by atoms with E-state index in [1.54, 1.807) is 6.07 Å².